The van der Waals surface area contributed by atoms with Crippen molar-refractivity contribution in [2.45, 2.75) is 13.0 Å². The Kier molecular flexibility index (Phi) is 6.98. The van der Waals surface area contributed by atoms with E-state index in [9.17, 15) is 9.59 Å². The average molecular weight is 385 g/mol. The number of nitrogens with one attached hydrogen (secondary N) is 1. The Morgan fingerprint density at radius 3 is 2.59 bits per heavy atom. The van der Waals surface area contributed by atoms with Crippen LogP contribution >= 0.6 is 11.6 Å². The predicted molar refractivity (Wildman–Crippen MR) is 102 cm³/mol. The number of carbonyl (C=O) groups is 2. The molecule has 0 aliphatic carbocycles. The number of hydrogen-bond acceptors (Lipinski definition) is 5. The van der Waals surface area contributed by atoms with Crippen molar-refractivity contribution in [1.82, 2.24) is 0 Å². The Labute approximate surface area is 162 Å². The van der Waals surface area contributed by atoms with Crippen molar-refractivity contribution >= 4 is 29.2 Å². The van der Waals surface area contributed by atoms with E-state index in [0.29, 0.717) is 29.2 Å². The van der Waals surface area contributed by atoms with Crippen LogP contribution in [0.3, 0.4) is 0 Å². The number of hydrogen-bond donors (Lipinski definition) is 1. The van der Waals surface area contributed by atoms with Crippen LogP contribution in [0.15, 0.2) is 55.1 Å². The summed E-state index contributed by atoms with van der Waals surface area (Å²) in [6.07, 6.45) is 0.590. The zero-order valence-electron chi connectivity index (χ0n) is 14.6. The van der Waals surface area contributed by atoms with Gasteiger partial charge in [0.25, 0.3) is 5.91 Å². The molecular formula is C20H17ClN2O4. The molecule has 0 aromatic heterocycles. The van der Waals surface area contributed by atoms with Crippen LogP contribution in [0.1, 0.15) is 22.8 Å². The monoisotopic (exact) mass is 384 g/mol. The van der Waals surface area contributed by atoms with Gasteiger partial charge in [0, 0.05) is 5.69 Å². The van der Waals surface area contributed by atoms with E-state index in [1.807, 2.05) is 6.07 Å². The molecule has 2 aromatic carbocycles. The predicted octanol–water partition coefficient (Wildman–Crippen LogP) is 3.96. The van der Waals surface area contributed by atoms with Gasteiger partial charge in [-0.2, -0.15) is 5.26 Å². The van der Waals surface area contributed by atoms with Gasteiger partial charge in [-0.05, 0) is 49.4 Å². The zero-order valence-corrected chi connectivity index (χ0v) is 15.3. The summed E-state index contributed by atoms with van der Waals surface area (Å²) in [7, 11) is 0. The van der Waals surface area contributed by atoms with Crippen molar-refractivity contribution in [2.75, 3.05) is 11.9 Å². The summed E-state index contributed by atoms with van der Waals surface area (Å²) in [5, 5.41) is 11.7. The lowest BCUT2D eigenvalue weighted by Crippen LogP contribution is -2.30. The van der Waals surface area contributed by atoms with Gasteiger partial charge in [0.15, 0.2) is 6.10 Å². The zero-order chi connectivity index (χ0) is 19.8. The number of amides is 1. The van der Waals surface area contributed by atoms with Crippen LogP contribution in [0.2, 0.25) is 5.02 Å². The first-order valence-corrected chi connectivity index (χ1v) is 8.37. The van der Waals surface area contributed by atoms with E-state index in [4.69, 9.17) is 26.3 Å². The van der Waals surface area contributed by atoms with Gasteiger partial charge in [0.1, 0.15) is 18.4 Å². The fraction of sp³-hybridized carbons (Fsp3) is 0.150. The maximum Gasteiger partial charge on any atom is 0.338 e. The van der Waals surface area contributed by atoms with E-state index >= 15 is 0 Å². The number of rotatable bonds is 7. The summed E-state index contributed by atoms with van der Waals surface area (Å²) in [6.45, 7) is 5.38. The summed E-state index contributed by atoms with van der Waals surface area (Å²) < 4.78 is 10.5. The van der Waals surface area contributed by atoms with Crippen LogP contribution in [0, 0.1) is 11.3 Å². The van der Waals surface area contributed by atoms with E-state index in [0.717, 1.165) is 0 Å². The molecule has 27 heavy (non-hydrogen) atoms. The number of carbonyl (C=O) groups excluding carboxylic acids is 2. The van der Waals surface area contributed by atoms with Crippen LogP contribution in [0.5, 0.6) is 5.75 Å². The number of ether oxygens (including phenoxy) is 2. The van der Waals surface area contributed by atoms with E-state index < -0.39 is 18.0 Å². The van der Waals surface area contributed by atoms with Crippen molar-refractivity contribution in [3.8, 4) is 11.8 Å². The maximum absolute atomic E-state index is 12.2. The molecule has 1 atom stereocenters. The van der Waals surface area contributed by atoms with Crippen molar-refractivity contribution in [3.05, 3.63) is 71.3 Å². The molecule has 0 aliphatic heterocycles. The van der Waals surface area contributed by atoms with Gasteiger partial charge < -0.3 is 14.8 Å². The highest BCUT2D eigenvalue weighted by Crippen LogP contribution is 2.20. The number of nitriles is 1. The molecule has 1 unspecified atom stereocenters. The molecule has 2 aromatic rings. The molecule has 1 amide bonds. The third-order valence-electron chi connectivity index (χ3n) is 3.47. The molecule has 1 N–H and O–H groups in total. The second kappa shape index (κ2) is 9.41. The van der Waals surface area contributed by atoms with Gasteiger partial charge in [0.05, 0.1) is 16.1 Å². The van der Waals surface area contributed by atoms with Crippen molar-refractivity contribution in [3.63, 3.8) is 0 Å². The topological polar surface area (TPSA) is 88.4 Å². The van der Waals surface area contributed by atoms with Crippen LogP contribution in [-0.4, -0.2) is 24.6 Å². The third kappa shape index (κ3) is 5.59. The molecule has 0 fully saturated rings. The molecule has 0 heterocycles. The minimum Gasteiger partial charge on any atom is -0.490 e. The molecule has 0 radical (unpaired) electrons. The smallest absolute Gasteiger partial charge is 0.338 e. The van der Waals surface area contributed by atoms with Gasteiger partial charge >= 0.3 is 5.97 Å². The van der Waals surface area contributed by atoms with Crippen LogP contribution < -0.4 is 10.1 Å². The van der Waals surface area contributed by atoms with Crippen molar-refractivity contribution in [2.24, 2.45) is 0 Å². The summed E-state index contributed by atoms with van der Waals surface area (Å²) >= 11 is 5.93. The molecule has 6 nitrogen and oxygen atoms in total. The minimum absolute atomic E-state index is 0.221. The quantitative estimate of drug-likeness (QED) is 0.576. The summed E-state index contributed by atoms with van der Waals surface area (Å²) in [6, 6.07) is 12.8. The fourth-order valence-electron chi connectivity index (χ4n) is 2.05. The first kappa shape index (κ1) is 20.0. The molecule has 0 bridgehead atoms. The van der Waals surface area contributed by atoms with Crippen LogP contribution in [0.25, 0.3) is 0 Å². The van der Waals surface area contributed by atoms with Crippen LogP contribution in [0.4, 0.5) is 5.69 Å². The second-order valence-corrected chi connectivity index (χ2v) is 5.87. The van der Waals surface area contributed by atoms with Gasteiger partial charge in [-0.1, -0.05) is 24.3 Å². The van der Waals surface area contributed by atoms with Crippen molar-refractivity contribution < 1.29 is 19.1 Å². The lowest BCUT2D eigenvalue weighted by atomic mass is 10.2. The Bertz CT molecular complexity index is 888. The molecule has 2 rings (SSSR count). The Morgan fingerprint density at radius 2 is 2.00 bits per heavy atom. The number of anilines is 1. The molecular weight excluding hydrogens is 368 g/mol. The Hall–Kier alpha value is -3.30. The third-order valence-corrected chi connectivity index (χ3v) is 3.78. The average Bonchev–Trinajstić information content (AvgIpc) is 2.66. The standard InChI is InChI=1S/C20H17ClN2O4/c1-3-10-26-17-8-5-14(6-9-17)20(25)27-13(2)19(24)23-16-7-4-15(12-22)18(21)11-16/h3-9,11,13H,1,10H2,2H3,(H,23,24). The van der Waals surface area contributed by atoms with Gasteiger partial charge in [0.2, 0.25) is 0 Å². The lowest BCUT2D eigenvalue weighted by Gasteiger charge is -2.14. The molecule has 0 saturated heterocycles. The van der Waals surface area contributed by atoms with Gasteiger partial charge in [-0.15, -0.1) is 0 Å². The second-order valence-electron chi connectivity index (χ2n) is 5.47. The normalized spacial score (nSPS) is 11.0. The fourth-order valence-corrected chi connectivity index (χ4v) is 2.27. The highest BCUT2D eigenvalue weighted by molar-refractivity contribution is 6.32. The largest absolute Gasteiger partial charge is 0.490 e. The van der Waals surface area contributed by atoms with Crippen LogP contribution in [-0.2, 0) is 9.53 Å². The van der Waals surface area contributed by atoms with E-state index in [-0.39, 0.29) is 5.02 Å². The highest BCUT2D eigenvalue weighted by Gasteiger charge is 2.19. The van der Waals surface area contributed by atoms with Gasteiger partial charge in [-0.25, -0.2) is 4.79 Å². The molecule has 138 valence electrons. The molecule has 0 spiro atoms. The molecule has 0 saturated carbocycles. The maximum atomic E-state index is 12.2. The Balaban J connectivity index is 1.95. The Morgan fingerprint density at radius 1 is 1.30 bits per heavy atom. The summed E-state index contributed by atoms with van der Waals surface area (Å²) in [4.78, 5) is 24.4. The summed E-state index contributed by atoms with van der Waals surface area (Å²) in [5.41, 5.74) is 0.993. The minimum atomic E-state index is -1.02. The number of benzene rings is 2. The van der Waals surface area contributed by atoms with Crippen molar-refractivity contribution in [1.29, 1.82) is 5.26 Å². The highest BCUT2D eigenvalue weighted by atomic mass is 35.5. The van der Waals surface area contributed by atoms with E-state index in [1.54, 1.807) is 36.4 Å². The first-order chi connectivity index (χ1) is 12.9. The van der Waals surface area contributed by atoms with E-state index in [1.165, 1.54) is 19.1 Å². The van der Waals surface area contributed by atoms with E-state index in [2.05, 4.69) is 11.9 Å². The number of esters is 1. The lowest BCUT2D eigenvalue weighted by molar-refractivity contribution is -0.123. The SMILES string of the molecule is C=CCOc1ccc(C(=O)OC(C)C(=O)Nc2ccc(C#N)c(Cl)c2)cc1. The first-order valence-electron chi connectivity index (χ1n) is 8.00. The van der Waals surface area contributed by atoms with Gasteiger partial charge in [-0.3, -0.25) is 4.79 Å². The molecule has 7 heteroatoms. The number of nitrogens with zero attached hydrogens (tertiary/aromatic N) is 1. The molecule has 0 aliphatic rings. The number of halogens is 1. The summed E-state index contributed by atoms with van der Waals surface area (Å²) in [5.74, 6) is -0.559.